The summed E-state index contributed by atoms with van der Waals surface area (Å²) in [5, 5.41) is 2.49. The maximum absolute atomic E-state index is 11.2. The minimum atomic E-state index is -0.497. The third-order valence-electron chi connectivity index (χ3n) is 2.41. The number of hydrogen-bond donors (Lipinski definition) is 1. The maximum atomic E-state index is 11.2. The van der Waals surface area contributed by atoms with Gasteiger partial charge in [-0.05, 0) is 19.1 Å². The SMILES string of the molecule is C[C@@H]1O[C@@H]1COC(=O)NCOc1ccccc1. The molecular weight excluding hydrogens is 222 g/mol. The highest BCUT2D eigenvalue weighted by molar-refractivity contribution is 5.66. The first-order valence-corrected chi connectivity index (χ1v) is 5.49. The molecule has 0 saturated carbocycles. The van der Waals surface area contributed by atoms with Crippen molar-refractivity contribution >= 4 is 6.09 Å². The number of amides is 1. The molecule has 0 bridgehead atoms. The molecule has 5 heteroatoms. The van der Waals surface area contributed by atoms with Gasteiger partial charge in [0.05, 0.1) is 6.10 Å². The normalized spacial score (nSPS) is 21.7. The van der Waals surface area contributed by atoms with Gasteiger partial charge in [-0.25, -0.2) is 4.79 Å². The Morgan fingerprint density at radius 3 is 2.76 bits per heavy atom. The smallest absolute Gasteiger partial charge is 0.409 e. The van der Waals surface area contributed by atoms with Crippen LogP contribution in [0.15, 0.2) is 30.3 Å². The zero-order valence-electron chi connectivity index (χ0n) is 9.59. The molecule has 1 saturated heterocycles. The van der Waals surface area contributed by atoms with Gasteiger partial charge < -0.3 is 14.2 Å². The Bertz CT molecular complexity index is 368. The molecule has 1 aromatic carbocycles. The Labute approximate surface area is 99.7 Å². The lowest BCUT2D eigenvalue weighted by molar-refractivity contribution is 0.127. The summed E-state index contributed by atoms with van der Waals surface area (Å²) in [5.41, 5.74) is 0. The van der Waals surface area contributed by atoms with Crippen molar-refractivity contribution < 1.29 is 19.0 Å². The number of hydrogen-bond acceptors (Lipinski definition) is 4. The number of rotatable bonds is 5. The molecule has 1 heterocycles. The van der Waals surface area contributed by atoms with E-state index in [0.717, 1.165) is 0 Å². The fourth-order valence-corrected chi connectivity index (χ4v) is 1.31. The summed E-state index contributed by atoms with van der Waals surface area (Å²) >= 11 is 0. The molecule has 1 aliphatic rings. The Morgan fingerprint density at radius 1 is 1.41 bits per heavy atom. The van der Waals surface area contributed by atoms with Crippen LogP contribution in [0.5, 0.6) is 5.75 Å². The van der Waals surface area contributed by atoms with Crippen molar-refractivity contribution in [3.63, 3.8) is 0 Å². The summed E-state index contributed by atoms with van der Waals surface area (Å²) in [6, 6.07) is 9.24. The topological polar surface area (TPSA) is 60.1 Å². The van der Waals surface area contributed by atoms with E-state index in [1.54, 1.807) is 0 Å². The standard InChI is InChI=1S/C12H15NO4/c1-9-11(17-9)7-15-12(14)13-8-16-10-5-3-2-4-6-10/h2-6,9,11H,7-8H2,1H3,(H,13,14)/t9-,11+/m0/s1. The van der Waals surface area contributed by atoms with E-state index in [1.165, 1.54) is 0 Å². The molecule has 17 heavy (non-hydrogen) atoms. The summed E-state index contributed by atoms with van der Waals surface area (Å²) in [7, 11) is 0. The van der Waals surface area contributed by atoms with E-state index in [4.69, 9.17) is 14.2 Å². The Balaban J connectivity index is 1.57. The highest BCUT2D eigenvalue weighted by Crippen LogP contribution is 2.20. The molecule has 1 N–H and O–H groups in total. The zero-order valence-corrected chi connectivity index (χ0v) is 9.59. The fourth-order valence-electron chi connectivity index (χ4n) is 1.31. The summed E-state index contributed by atoms with van der Waals surface area (Å²) in [5.74, 6) is 0.701. The van der Waals surface area contributed by atoms with Crippen molar-refractivity contribution in [3.8, 4) is 5.75 Å². The minimum absolute atomic E-state index is 0.0517. The maximum Gasteiger partial charge on any atom is 0.409 e. The quantitative estimate of drug-likeness (QED) is 0.623. The molecule has 2 atom stereocenters. The Hall–Kier alpha value is -1.75. The Kier molecular flexibility index (Phi) is 3.82. The molecule has 1 amide bonds. The number of carbonyl (C=O) groups is 1. The van der Waals surface area contributed by atoms with Crippen LogP contribution in [-0.2, 0) is 9.47 Å². The summed E-state index contributed by atoms with van der Waals surface area (Å²) in [6.45, 7) is 2.31. The van der Waals surface area contributed by atoms with Crippen LogP contribution in [0.3, 0.4) is 0 Å². The molecule has 1 aliphatic heterocycles. The van der Waals surface area contributed by atoms with Gasteiger partial charge in [-0.2, -0.15) is 0 Å². The van der Waals surface area contributed by atoms with Crippen molar-refractivity contribution in [2.45, 2.75) is 19.1 Å². The van der Waals surface area contributed by atoms with Crippen LogP contribution in [0.1, 0.15) is 6.92 Å². The predicted octanol–water partition coefficient (Wildman–Crippen LogP) is 1.54. The van der Waals surface area contributed by atoms with Crippen molar-refractivity contribution in [2.24, 2.45) is 0 Å². The summed E-state index contributed by atoms with van der Waals surface area (Å²) in [6.07, 6.45) is -0.247. The van der Waals surface area contributed by atoms with Crippen LogP contribution in [0, 0.1) is 0 Å². The van der Waals surface area contributed by atoms with Crippen LogP contribution >= 0.6 is 0 Å². The van der Waals surface area contributed by atoms with Crippen molar-refractivity contribution in [1.29, 1.82) is 0 Å². The average molecular weight is 237 g/mol. The first-order valence-electron chi connectivity index (χ1n) is 5.49. The molecule has 0 radical (unpaired) electrons. The van der Waals surface area contributed by atoms with Gasteiger partial charge in [0.25, 0.3) is 0 Å². The molecule has 0 unspecified atom stereocenters. The van der Waals surface area contributed by atoms with Crippen LogP contribution in [0.25, 0.3) is 0 Å². The molecule has 0 aromatic heterocycles. The van der Waals surface area contributed by atoms with Gasteiger partial charge in [-0.3, -0.25) is 5.32 Å². The van der Waals surface area contributed by atoms with Crippen molar-refractivity contribution in [2.75, 3.05) is 13.3 Å². The van der Waals surface area contributed by atoms with E-state index in [1.807, 2.05) is 37.3 Å². The number of epoxide rings is 1. The van der Waals surface area contributed by atoms with E-state index in [-0.39, 0.29) is 18.9 Å². The minimum Gasteiger partial charge on any atom is -0.473 e. The van der Waals surface area contributed by atoms with Crippen molar-refractivity contribution in [1.82, 2.24) is 5.32 Å². The second-order valence-electron chi connectivity index (χ2n) is 3.76. The number of carbonyl (C=O) groups excluding carboxylic acids is 1. The lowest BCUT2D eigenvalue weighted by Gasteiger charge is -2.07. The fraction of sp³-hybridized carbons (Fsp3) is 0.417. The van der Waals surface area contributed by atoms with Crippen LogP contribution in [-0.4, -0.2) is 31.6 Å². The van der Waals surface area contributed by atoms with Gasteiger partial charge in [0.2, 0.25) is 0 Å². The predicted molar refractivity (Wildman–Crippen MR) is 60.8 cm³/mol. The van der Waals surface area contributed by atoms with Gasteiger partial charge >= 0.3 is 6.09 Å². The molecule has 2 rings (SSSR count). The van der Waals surface area contributed by atoms with Crippen LogP contribution < -0.4 is 10.1 Å². The van der Waals surface area contributed by atoms with Crippen molar-refractivity contribution in [3.05, 3.63) is 30.3 Å². The van der Waals surface area contributed by atoms with Crippen LogP contribution in [0.4, 0.5) is 4.79 Å². The van der Waals surface area contributed by atoms with Gasteiger partial charge in [0.1, 0.15) is 18.5 Å². The molecule has 5 nitrogen and oxygen atoms in total. The second kappa shape index (κ2) is 5.54. The average Bonchev–Trinajstić information content (AvgIpc) is 3.04. The molecular formula is C12H15NO4. The zero-order chi connectivity index (χ0) is 12.1. The van der Waals surface area contributed by atoms with Gasteiger partial charge in [-0.15, -0.1) is 0 Å². The first-order chi connectivity index (χ1) is 8.25. The van der Waals surface area contributed by atoms with E-state index < -0.39 is 6.09 Å². The molecule has 0 spiro atoms. The van der Waals surface area contributed by atoms with Gasteiger partial charge in [0.15, 0.2) is 6.73 Å². The lowest BCUT2D eigenvalue weighted by atomic mass is 10.3. The number of para-hydroxylation sites is 1. The van der Waals surface area contributed by atoms with Gasteiger partial charge in [0, 0.05) is 0 Å². The van der Waals surface area contributed by atoms with E-state index in [0.29, 0.717) is 12.4 Å². The van der Waals surface area contributed by atoms with Gasteiger partial charge in [-0.1, -0.05) is 18.2 Å². The first kappa shape index (κ1) is 11.7. The molecule has 0 aliphatic carbocycles. The monoisotopic (exact) mass is 237 g/mol. The van der Waals surface area contributed by atoms with E-state index in [2.05, 4.69) is 5.32 Å². The third kappa shape index (κ3) is 3.96. The largest absolute Gasteiger partial charge is 0.473 e. The third-order valence-corrected chi connectivity index (χ3v) is 2.41. The highest BCUT2D eigenvalue weighted by atomic mass is 16.6. The summed E-state index contributed by atoms with van der Waals surface area (Å²) in [4.78, 5) is 11.2. The molecule has 1 fully saturated rings. The molecule has 1 aromatic rings. The van der Waals surface area contributed by atoms with E-state index >= 15 is 0 Å². The van der Waals surface area contributed by atoms with Crippen LogP contribution in [0.2, 0.25) is 0 Å². The second-order valence-corrected chi connectivity index (χ2v) is 3.76. The van der Waals surface area contributed by atoms with E-state index in [9.17, 15) is 4.79 Å². The highest BCUT2D eigenvalue weighted by Gasteiger charge is 2.35. The number of benzene rings is 1. The number of alkyl carbamates (subject to hydrolysis) is 1. The summed E-state index contributed by atoms with van der Waals surface area (Å²) < 4.78 is 15.3. The number of ether oxygens (including phenoxy) is 3. The Morgan fingerprint density at radius 2 is 2.12 bits per heavy atom. The number of nitrogens with one attached hydrogen (secondary N) is 1. The lowest BCUT2D eigenvalue weighted by Crippen LogP contribution is -2.29. The molecule has 92 valence electrons.